The largest absolute Gasteiger partial charge is 0.369 e. The normalized spacial score (nSPS) is 17.0. The zero-order chi connectivity index (χ0) is 15.4. The Hall–Kier alpha value is -1.13. The van der Waals surface area contributed by atoms with Crippen molar-refractivity contribution >= 4 is 5.69 Å². The molecule has 1 aliphatic heterocycles. The predicted octanol–water partition coefficient (Wildman–Crippen LogP) is 2.85. The molecule has 21 heavy (non-hydrogen) atoms. The molecule has 1 saturated heterocycles. The summed E-state index contributed by atoms with van der Waals surface area (Å²) >= 11 is 0. The molecular formula is C17H28FN3. The summed E-state index contributed by atoms with van der Waals surface area (Å²) in [7, 11) is 0. The van der Waals surface area contributed by atoms with Gasteiger partial charge in [0.05, 0.1) is 0 Å². The monoisotopic (exact) mass is 293 g/mol. The van der Waals surface area contributed by atoms with Crippen LogP contribution in [0.3, 0.4) is 0 Å². The summed E-state index contributed by atoms with van der Waals surface area (Å²) in [4.78, 5) is 4.79. The highest BCUT2D eigenvalue weighted by Gasteiger charge is 2.21. The number of piperazine rings is 1. The summed E-state index contributed by atoms with van der Waals surface area (Å²) in [6.45, 7) is 13.3. The summed E-state index contributed by atoms with van der Waals surface area (Å²) in [6.07, 6.45) is 0. The third kappa shape index (κ3) is 4.17. The van der Waals surface area contributed by atoms with Gasteiger partial charge in [0.1, 0.15) is 5.82 Å². The number of nitrogens with zero attached hydrogens (tertiary/aromatic N) is 2. The minimum Gasteiger partial charge on any atom is -0.369 e. The highest BCUT2D eigenvalue weighted by molar-refractivity contribution is 5.54. The molecule has 0 spiro atoms. The van der Waals surface area contributed by atoms with Crippen molar-refractivity contribution in [2.45, 2.75) is 46.3 Å². The standard InChI is InChI=1S/C17H28FN3/c1-13(2)19-12-15-16(18)6-5-7-17(15)21-10-8-20(9-11-21)14(3)4/h5-7,13-14,19H,8-12H2,1-4H3. The molecule has 4 heteroatoms. The first kappa shape index (κ1) is 16.2. The van der Waals surface area contributed by atoms with Crippen LogP contribution in [0.2, 0.25) is 0 Å². The number of hydrogen-bond donors (Lipinski definition) is 1. The van der Waals surface area contributed by atoms with E-state index in [4.69, 9.17) is 0 Å². The van der Waals surface area contributed by atoms with E-state index in [1.165, 1.54) is 0 Å². The molecule has 0 aromatic heterocycles. The van der Waals surface area contributed by atoms with Gasteiger partial charge in [0.2, 0.25) is 0 Å². The molecule has 0 aliphatic carbocycles. The van der Waals surface area contributed by atoms with Crippen molar-refractivity contribution in [3.63, 3.8) is 0 Å². The van der Waals surface area contributed by atoms with E-state index in [9.17, 15) is 4.39 Å². The Morgan fingerprint density at radius 2 is 1.76 bits per heavy atom. The maximum atomic E-state index is 14.2. The van der Waals surface area contributed by atoms with Gasteiger partial charge in [-0.3, -0.25) is 4.90 Å². The molecule has 0 radical (unpaired) electrons. The zero-order valence-electron chi connectivity index (χ0n) is 13.7. The summed E-state index contributed by atoms with van der Waals surface area (Å²) in [5, 5.41) is 3.33. The van der Waals surface area contributed by atoms with Crippen molar-refractivity contribution in [3.8, 4) is 0 Å². The fraction of sp³-hybridized carbons (Fsp3) is 0.647. The molecule has 1 fully saturated rings. The lowest BCUT2D eigenvalue weighted by Crippen LogP contribution is -2.49. The van der Waals surface area contributed by atoms with Crippen LogP contribution in [0.5, 0.6) is 0 Å². The second kappa shape index (κ2) is 7.23. The SMILES string of the molecule is CC(C)NCc1c(F)cccc1N1CCN(C(C)C)CC1. The molecule has 0 bridgehead atoms. The van der Waals surface area contributed by atoms with E-state index < -0.39 is 0 Å². The van der Waals surface area contributed by atoms with Crippen molar-refractivity contribution in [2.24, 2.45) is 0 Å². The molecule has 0 amide bonds. The van der Waals surface area contributed by atoms with Gasteiger partial charge in [-0.15, -0.1) is 0 Å². The van der Waals surface area contributed by atoms with Crippen LogP contribution in [0.15, 0.2) is 18.2 Å². The Labute approximate surface area is 128 Å². The van der Waals surface area contributed by atoms with Crippen LogP contribution < -0.4 is 10.2 Å². The quantitative estimate of drug-likeness (QED) is 0.900. The molecule has 1 heterocycles. The molecule has 0 unspecified atom stereocenters. The maximum absolute atomic E-state index is 14.2. The molecule has 0 atom stereocenters. The third-order valence-corrected chi connectivity index (χ3v) is 4.17. The average Bonchev–Trinajstić information content (AvgIpc) is 2.45. The van der Waals surface area contributed by atoms with Gasteiger partial charge < -0.3 is 10.2 Å². The molecule has 0 saturated carbocycles. The Morgan fingerprint density at radius 1 is 1.10 bits per heavy atom. The summed E-state index contributed by atoms with van der Waals surface area (Å²) < 4.78 is 14.2. The average molecular weight is 293 g/mol. The van der Waals surface area contributed by atoms with Gasteiger partial charge in [-0.05, 0) is 26.0 Å². The number of halogens is 1. The third-order valence-electron chi connectivity index (χ3n) is 4.17. The van der Waals surface area contributed by atoms with Gasteiger partial charge in [0.15, 0.2) is 0 Å². The highest BCUT2D eigenvalue weighted by Crippen LogP contribution is 2.25. The van der Waals surface area contributed by atoms with Crippen LogP contribution in [-0.4, -0.2) is 43.2 Å². The summed E-state index contributed by atoms with van der Waals surface area (Å²) in [5.41, 5.74) is 1.84. The van der Waals surface area contributed by atoms with Gasteiger partial charge in [-0.25, -0.2) is 4.39 Å². The fourth-order valence-corrected chi connectivity index (χ4v) is 2.80. The van der Waals surface area contributed by atoms with Crippen LogP contribution in [0, 0.1) is 5.82 Å². The highest BCUT2D eigenvalue weighted by atomic mass is 19.1. The smallest absolute Gasteiger partial charge is 0.129 e. The van der Waals surface area contributed by atoms with E-state index in [0.717, 1.165) is 37.4 Å². The lowest BCUT2D eigenvalue weighted by molar-refractivity contribution is 0.209. The molecule has 2 rings (SSSR count). The van der Waals surface area contributed by atoms with E-state index >= 15 is 0 Å². The van der Waals surface area contributed by atoms with Gasteiger partial charge in [-0.1, -0.05) is 19.9 Å². The van der Waals surface area contributed by atoms with Gasteiger partial charge in [-0.2, -0.15) is 0 Å². The van der Waals surface area contributed by atoms with Crippen molar-refractivity contribution < 1.29 is 4.39 Å². The van der Waals surface area contributed by atoms with Gasteiger partial charge >= 0.3 is 0 Å². The van der Waals surface area contributed by atoms with Crippen molar-refractivity contribution in [1.29, 1.82) is 0 Å². The second-order valence-corrected chi connectivity index (χ2v) is 6.39. The molecule has 1 aromatic carbocycles. The maximum Gasteiger partial charge on any atom is 0.129 e. The zero-order valence-corrected chi connectivity index (χ0v) is 13.7. The molecule has 118 valence electrons. The van der Waals surface area contributed by atoms with E-state index in [1.54, 1.807) is 6.07 Å². The Kier molecular flexibility index (Phi) is 5.59. The topological polar surface area (TPSA) is 18.5 Å². The minimum absolute atomic E-state index is 0.105. The molecule has 1 N–H and O–H groups in total. The van der Waals surface area contributed by atoms with Crippen molar-refractivity contribution in [2.75, 3.05) is 31.1 Å². The molecule has 3 nitrogen and oxygen atoms in total. The summed E-state index contributed by atoms with van der Waals surface area (Å²) in [6, 6.07) is 6.37. The van der Waals surface area contributed by atoms with Crippen LogP contribution in [0.1, 0.15) is 33.3 Å². The number of anilines is 1. The van der Waals surface area contributed by atoms with Crippen LogP contribution >= 0.6 is 0 Å². The molecule has 1 aliphatic rings. The number of nitrogens with one attached hydrogen (secondary N) is 1. The first-order valence-electron chi connectivity index (χ1n) is 7.98. The Bertz CT molecular complexity index is 451. The van der Waals surface area contributed by atoms with Crippen LogP contribution in [0.25, 0.3) is 0 Å². The first-order chi connectivity index (χ1) is 9.99. The minimum atomic E-state index is -0.105. The van der Waals surface area contributed by atoms with Gasteiger partial charge in [0.25, 0.3) is 0 Å². The number of benzene rings is 1. The predicted molar refractivity (Wildman–Crippen MR) is 87.3 cm³/mol. The van der Waals surface area contributed by atoms with Crippen molar-refractivity contribution in [1.82, 2.24) is 10.2 Å². The Balaban J connectivity index is 2.11. The van der Waals surface area contributed by atoms with Crippen molar-refractivity contribution in [3.05, 3.63) is 29.6 Å². The van der Waals surface area contributed by atoms with Gasteiger partial charge in [0, 0.05) is 56.1 Å². The van der Waals surface area contributed by atoms with E-state index in [-0.39, 0.29) is 5.82 Å². The van der Waals surface area contributed by atoms with Crippen LogP contribution in [0.4, 0.5) is 10.1 Å². The fourth-order valence-electron chi connectivity index (χ4n) is 2.80. The number of hydrogen-bond acceptors (Lipinski definition) is 3. The summed E-state index contributed by atoms with van der Waals surface area (Å²) in [5.74, 6) is -0.105. The van der Waals surface area contributed by atoms with Crippen LogP contribution in [-0.2, 0) is 6.54 Å². The lowest BCUT2D eigenvalue weighted by Gasteiger charge is -2.39. The second-order valence-electron chi connectivity index (χ2n) is 6.39. The molecule has 1 aromatic rings. The van der Waals surface area contributed by atoms with E-state index in [1.807, 2.05) is 12.1 Å². The van der Waals surface area contributed by atoms with E-state index in [2.05, 4.69) is 42.8 Å². The Morgan fingerprint density at radius 3 is 2.33 bits per heavy atom. The number of rotatable bonds is 5. The molecular weight excluding hydrogens is 265 g/mol. The van der Waals surface area contributed by atoms with E-state index in [0.29, 0.717) is 18.6 Å². The first-order valence-corrected chi connectivity index (χ1v) is 7.98. The lowest BCUT2D eigenvalue weighted by atomic mass is 10.1.